The first kappa shape index (κ1) is 12.6. The van der Waals surface area contributed by atoms with E-state index >= 15 is 0 Å². The van der Waals surface area contributed by atoms with Crippen molar-refractivity contribution in [3.05, 3.63) is 51.7 Å². The average molecular weight is 261 g/mol. The van der Waals surface area contributed by atoms with E-state index < -0.39 is 5.97 Å². The summed E-state index contributed by atoms with van der Waals surface area (Å²) in [4.78, 5) is 13.1. The van der Waals surface area contributed by atoms with Crippen LogP contribution in [0.4, 0.5) is 5.69 Å². The van der Waals surface area contributed by atoms with E-state index in [0.717, 1.165) is 17.8 Å². The van der Waals surface area contributed by atoms with Crippen LogP contribution in [0, 0.1) is 6.92 Å². The maximum atomic E-state index is 10.9. The first-order chi connectivity index (χ1) is 8.58. The lowest BCUT2D eigenvalue weighted by Gasteiger charge is -2.19. The van der Waals surface area contributed by atoms with Gasteiger partial charge >= 0.3 is 5.97 Å². The third-order valence-electron chi connectivity index (χ3n) is 2.88. The summed E-state index contributed by atoms with van der Waals surface area (Å²) in [6, 6.07) is 7.52. The van der Waals surface area contributed by atoms with Crippen LogP contribution in [-0.4, -0.2) is 18.1 Å². The van der Waals surface area contributed by atoms with Crippen molar-refractivity contribution in [2.75, 3.05) is 11.9 Å². The lowest BCUT2D eigenvalue weighted by Crippen LogP contribution is -2.16. The van der Waals surface area contributed by atoms with Gasteiger partial charge in [-0.3, -0.25) is 0 Å². The third-order valence-corrected chi connectivity index (χ3v) is 3.61. The second kappa shape index (κ2) is 5.23. The molecule has 0 aliphatic heterocycles. The van der Waals surface area contributed by atoms with E-state index in [0.29, 0.717) is 5.56 Å². The minimum atomic E-state index is -0.875. The Morgan fingerprint density at radius 2 is 2.17 bits per heavy atom. The highest BCUT2D eigenvalue weighted by Gasteiger charge is 2.09. The summed E-state index contributed by atoms with van der Waals surface area (Å²) in [5, 5.41) is 13.2. The van der Waals surface area contributed by atoms with Crippen molar-refractivity contribution in [2.45, 2.75) is 13.5 Å². The van der Waals surface area contributed by atoms with Gasteiger partial charge in [-0.05, 0) is 53.1 Å². The highest BCUT2D eigenvalue weighted by Crippen LogP contribution is 2.20. The van der Waals surface area contributed by atoms with Gasteiger partial charge in [0.15, 0.2) is 0 Å². The fourth-order valence-corrected chi connectivity index (χ4v) is 2.53. The molecule has 0 unspecified atom stereocenters. The Morgan fingerprint density at radius 3 is 2.72 bits per heavy atom. The molecule has 0 amide bonds. The van der Waals surface area contributed by atoms with Gasteiger partial charge in [0, 0.05) is 19.3 Å². The summed E-state index contributed by atoms with van der Waals surface area (Å²) in [5.74, 6) is -0.875. The van der Waals surface area contributed by atoms with E-state index in [1.54, 1.807) is 17.4 Å². The van der Waals surface area contributed by atoms with Crippen molar-refractivity contribution in [3.8, 4) is 0 Å². The van der Waals surface area contributed by atoms with Crippen LogP contribution in [0.15, 0.2) is 35.0 Å². The van der Waals surface area contributed by atoms with Crippen LogP contribution in [0.5, 0.6) is 0 Å². The van der Waals surface area contributed by atoms with Crippen LogP contribution in [0.3, 0.4) is 0 Å². The number of carboxylic acid groups (broad SMARTS) is 1. The molecular formula is C14H15NO2S. The molecule has 0 spiro atoms. The van der Waals surface area contributed by atoms with Crippen molar-refractivity contribution >= 4 is 23.0 Å². The second-order valence-corrected chi connectivity index (χ2v) is 5.07. The number of aromatic carboxylic acids is 1. The Morgan fingerprint density at radius 1 is 1.39 bits per heavy atom. The molecule has 0 fully saturated rings. The first-order valence-electron chi connectivity index (χ1n) is 5.64. The van der Waals surface area contributed by atoms with Gasteiger partial charge in [-0.1, -0.05) is 0 Å². The average Bonchev–Trinajstić information content (AvgIpc) is 2.81. The lowest BCUT2D eigenvalue weighted by molar-refractivity contribution is 0.0696. The van der Waals surface area contributed by atoms with Crippen LogP contribution in [-0.2, 0) is 6.54 Å². The standard InChI is InChI=1S/C14H15NO2S/c1-10-7-12(3-4-13(10)14(16)17)15(2)8-11-5-6-18-9-11/h3-7,9H,8H2,1-2H3,(H,16,17). The number of hydrogen-bond donors (Lipinski definition) is 1. The Labute approximate surface area is 110 Å². The van der Waals surface area contributed by atoms with E-state index in [-0.39, 0.29) is 0 Å². The Kier molecular flexibility index (Phi) is 3.67. The number of carboxylic acids is 1. The van der Waals surface area contributed by atoms with Gasteiger partial charge in [0.1, 0.15) is 0 Å². The molecule has 0 atom stereocenters. The summed E-state index contributed by atoms with van der Waals surface area (Å²) in [7, 11) is 2.01. The summed E-state index contributed by atoms with van der Waals surface area (Å²) in [5.41, 5.74) is 3.45. The predicted molar refractivity (Wildman–Crippen MR) is 74.6 cm³/mol. The monoisotopic (exact) mass is 261 g/mol. The zero-order chi connectivity index (χ0) is 13.1. The van der Waals surface area contributed by atoms with Crippen molar-refractivity contribution in [3.63, 3.8) is 0 Å². The number of aryl methyl sites for hydroxylation is 1. The predicted octanol–water partition coefficient (Wildman–Crippen LogP) is 3.39. The lowest BCUT2D eigenvalue weighted by atomic mass is 10.1. The molecule has 1 aromatic heterocycles. The van der Waals surface area contributed by atoms with E-state index in [1.807, 2.05) is 26.1 Å². The zero-order valence-corrected chi connectivity index (χ0v) is 11.2. The normalized spacial score (nSPS) is 10.3. The van der Waals surface area contributed by atoms with E-state index in [4.69, 9.17) is 5.11 Å². The molecular weight excluding hydrogens is 246 g/mol. The van der Waals surface area contributed by atoms with E-state index in [2.05, 4.69) is 21.7 Å². The molecule has 2 aromatic rings. The molecule has 18 heavy (non-hydrogen) atoms. The Balaban J connectivity index is 2.18. The number of benzene rings is 1. The Hall–Kier alpha value is -1.81. The minimum Gasteiger partial charge on any atom is -0.478 e. The molecule has 0 radical (unpaired) electrons. The van der Waals surface area contributed by atoms with Gasteiger partial charge in [-0.25, -0.2) is 4.79 Å². The van der Waals surface area contributed by atoms with Crippen LogP contribution >= 0.6 is 11.3 Å². The van der Waals surface area contributed by atoms with E-state index in [1.165, 1.54) is 5.56 Å². The summed E-state index contributed by atoms with van der Waals surface area (Å²) in [6.07, 6.45) is 0. The van der Waals surface area contributed by atoms with Crippen LogP contribution < -0.4 is 4.90 Å². The van der Waals surface area contributed by atoms with Crippen molar-refractivity contribution in [2.24, 2.45) is 0 Å². The number of thiophene rings is 1. The molecule has 94 valence electrons. The van der Waals surface area contributed by atoms with Gasteiger partial charge in [0.05, 0.1) is 5.56 Å². The smallest absolute Gasteiger partial charge is 0.335 e. The van der Waals surface area contributed by atoms with Crippen molar-refractivity contribution in [1.29, 1.82) is 0 Å². The largest absolute Gasteiger partial charge is 0.478 e. The maximum absolute atomic E-state index is 10.9. The zero-order valence-electron chi connectivity index (χ0n) is 10.4. The summed E-state index contributed by atoms with van der Waals surface area (Å²) < 4.78 is 0. The molecule has 0 bridgehead atoms. The molecule has 0 aliphatic carbocycles. The van der Waals surface area contributed by atoms with Gasteiger partial charge in [-0.2, -0.15) is 11.3 Å². The van der Waals surface area contributed by atoms with Gasteiger partial charge < -0.3 is 10.0 Å². The highest BCUT2D eigenvalue weighted by molar-refractivity contribution is 7.07. The van der Waals surface area contributed by atoms with Crippen molar-refractivity contribution < 1.29 is 9.90 Å². The van der Waals surface area contributed by atoms with E-state index in [9.17, 15) is 4.79 Å². The van der Waals surface area contributed by atoms with Crippen molar-refractivity contribution in [1.82, 2.24) is 0 Å². The van der Waals surface area contributed by atoms with Crippen LogP contribution in [0.25, 0.3) is 0 Å². The number of rotatable bonds is 4. The molecule has 4 heteroatoms. The third kappa shape index (κ3) is 2.71. The quantitative estimate of drug-likeness (QED) is 0.917. The van der Waals surface area contributed by atoms with Gasteiger partial charge in [0.25, 0.3) is 0 Å². The minimum absolute atomic E-state index is 0.364. The number of hydrogen-bond acceptors (Lipinski definition) is 3. The fourth-order valence-electron chi connectivity index (χ4n) is 1.87. The van der Waals surface area contributed by atoms with Crippen LogP contribution in [0.1, 0.15) is 21.5 Å². The molecule has 1 heterocycles. The number of nitrogens with zero attached hydrogens (tertiary/aromatic N) is 1. The van der Waals surface area contributed by atoms with Gasteiger partial charge in [0.2, 0.25) is 0 Å². The second-order valence-electron chi connectivity index (χ2n) is 4.29. The molecule has 2 rings (SSSR count). The number of carbonyl (C=O) groups is 1. The molecule has 3 nitrogen and oxygen atoms in total. The molecule has 0 saturated carbocycles. The first-order valence-corrected chi connectivity index (χ1v) is 6.58. The SMILES string of the molecule is Cc1cc(N(C)Cc2ccsc2)ccc1C(=O)O. The molecule has 0 saturated heterocycles. The number of anilines is 1. The van der Waals surface area contributed by atoms with Gasteiger partial charge in [-0.15, -0.1) is 0 Å². The maximum Gasteiger partial charge on any atom is 0.335 e. The Bertz CT molecular complexity index is 549. The topological polar surface area (TPSA) is 40.5 Å². The fraction of sp³-hybridized carbons (Fsp3) is 0.214. The van der Waals surface area contributed by atoms with Crippen LogP contribution in [0.2, 0.25) is 0 Å². The highest BCUT2D eigenvalue weighted by atomic mass is 32.1. The summed E-state index contributed by atoms with van der Waals surface area (Å²) in [6.45, 7) is 2.65. The molecule has 1 aromatic carbocycles. The molecule has 1 N–H and O–H groups in total. The summed E-state index contributed by atoms with van der Waals surface area (Å²) >= 11 is 1.68. The molecule has 0 aliphatic rings.